The van der Waals surface area contributed by atoms with Gasteiger partial charge in [-0.3, -0.25) is 4.98 Å². The van der Waals surface area contributed by atoms with Crippen LogP contribution in [-0.2, 0) is 0 Å². The molecule has 1 aromatic rings. The van der Waals surface area contributed by atoms with Crippen molar-refractivity contribution in [1.82, 2.24) is 4.98 Å². The van der Waals surface area contributed by atoms with E-state index in [0.29, 0.717) is 6.04 Å². The number of nitrogens with zero attached hydrogens (tertiary/aromatic N) is 2. The van der Waals surface area contributed by atoms with Gasteiger partial charge in [0.05, 0.1) is 0 Å². The van der Waals surface area contributed by atoms with Gasteiger partial charge in [-0.25, -0.2) is 0 Å². The minimum absolute atomic E-state index is 0.397. The molecule has 0 aliphatic carbocycles. The lowest BCUT2D eigenvalue weighted by Crippen LogP contribution is -2.39. The fourth-order valence-electron chi connectivity index (χ4n) is 1.96. The average molecular weight is 191 g/mol. The topological polar surface area (TPSA) is 42.2 Å². The van der Waals surface area contributed by atoms with Crippen LogP contribution in [0.5, 0.6) is 0 Å². The SMILES string of the molecule is Cc1cnccc1N1CCC(N)CC1. The number of nitrogens with two attached hydrogens (primary N) is 1. The fourth-order valence-corrected chi connectivity index (χ4v) is 1.96. The lowest BCUT2D eigenvalue weighted by molar-refractivity contribution is 0.500. The maximum atomic E-state index is 5.87. The van der Waals surface area contributed by atoms with Crippen LogP contribution in [0, 0.1) is 6.92 Å². The van der Waals surface area contributed by atoms with E-state index >= 15 is 0 Å². The third-order valence-corrected chi connectivity index (χ3v) is 2.87. The van der Waals surface area contributed by atoms with Crippen LogP contribution in [0.4, 0.5) is 5.69 Å². The van der Waals surface area contributed by atoms with Gasteiger partial charge < -0.3 is 10.6 Å². The van der Waals surface area contributed by atoms with E-state index in [1.165, 1.54) is 11.3 Å². The van der Waals surface area contributed by atoms with Crippen molar-refractivity contribution in [3.8, 4) is 0 Å². The number of aryl methyl sites for hydroxylation is 1. The molecule has 3 heteroatoms. The summed E-state index contributed by atoms with van der Waals surface area (Å²) in [5.41, 5.74) is 8.44. The number of rotatable bonds is 1. The van der Waals surface area contributed by atoms with Crippen molar-refractivity contribution in [1.29, 1.82) is 0 Å². The zero-order valence-corrected chi connectivity index (χ0v) is 8.61. The quantitative estimate of drug-likeness (QED) is 0.728. The van der Waals surface area contributed by atoms with Crippen LogP contribution in [0.2, 0.25) is 0 Å². The Balaban J connectivity index is 2.12. The molecule has 3 nitrogen and oxygen atoms in total. The van der Waals surface area contributed by atoms with Crippen LogP contribution in [-0.4, -0.2) is 24.1 Å². The zero-order chi connectivity index (χ0) is 9.97. The van der Waals surface area contributed by atoms with Gasteiger partial charge in [0, 0.05) is 37.2 Å². The van der Waals surface area contributed by atoms with Gasteiger partial charge in [0.1, 0.15) is 0 Å². The van der Waals surface area contributed by atoms with Gasteiger partial charge in [0.25, 0.3) is 0 Å². The van der Waals surface area contributed by atoms with Crippen LogP contribution >= 0.6 is 0 Å². The molecule has 0 aromatic carbocycles. The maximum Gasteiger partial charge on any atom is 0.0426 e. The third kappa shape index (κ3) is 1.87. The number of aromatic nitrogens is 1. The molecule has 1 aliphatic heterocycles. The minimum atomic E-state index is 0.397. The molecule has 1 fully saturated rings. The molecule has 0 spiro atoms. The maximum absolute atomic E-state index is 5.87. The first-order valence-electron chi connectivity index (χ1n) is 5.18. The molecular formula is C11H17N3. The zero-order valence-electron chi connectivity index (χ0n) is 8.61. The van der Waals surface area contributed by atoms with Gasteiger partial charge in [-0.05, 0) is 31.4 Å². The highest BCUT2D eigenvalue weighted by Gasteiger charge is 2.17. The summed E-state index contributed by atoms with van der Waals surface area (Å²) in [5.74, 6) is 0. The Hall–Kier alpha value is -1.09. The van der Waals surface area contributed by atoms with Crippen molar-refractivity contribution in [2.75, 3.05) is 18.0 Å². The second-order valence-electron chi connectivity index (χ2n) is 3.99. The monoisotopic (exact) mass is 191 g/mol. The molecule has 2 heterocycles. The van der Waals surface area contributed by atoms with Gasteiger partial charge in [-0.15, -0.1) is 0 Å². The van der Waals surface area contributed by atoms with E-state index in [-0.39, 0.29) is 0 Å². The van der Waals surface area contributed by atoms with E-state index in [9.17, 15) is 0 Å². The van der Waals surface area contributed by atoms with Crippen LogP contribution < -0.4 is 10.6 Å². The molecule has 0 unspecified atom stereocenters. The Kier molecular flexibility index (Phi) is 2.68. The predicted octanol–water partition coefficient (Wildman–Crippen LogP) is 1.32. The number of anilines is 1. The van der Waals surface area contributed by atoms with E-state index in [4.69, 9.17) is 5.73 Å². The largest absolute Gasteiger partial charge is 0.371 e. The van der Waals surface area contributed by atoms with Gasteiger partial charge in [0.2, 0.25) is 0 Å². The molecule has 0 saturated carbocycles. The third-order valence-electron chi connectivity index (χ3n) is 2.87. The molecule has 14 heavy (non-hydrogen) atoms. The van der Waals surface area contributed by atoms with E-state index in [1.807, 2.05) is 12.4 Å². The summed E-state index contributed by atoms with van der Waals surface area (Å²) in [6, 6.07) is 2.49. The summed E-state index contributed by atoms with van der Waals surface area (Å²) in [7, 11) is 0. The van der Waals surface area contributed by atoms with Gasteiger partial charge >= 0.3 is 0 Å². The van der Waals surface area contributed by atoms with Crippen molar-refractivity contribution < 1.29 is 0 Å². The van der Waals surface area contributed by atoms with Crippen molar-refractivity contribution in [3.63, 3.8) is 0 Å². The Morgan fingerprint density at radius 3 is 2.79 bits per heavy atom. The molecule has 1 aromatic heterocycles. The second kappa shape index (κ2) is 3.96. The number of hydrogen-bond donors (Lipinski definition) is 1. The summed E-state index contributed by atoms with van der Waals surface area (Å²) < 4.78 is 0. The normalized spacial score (nSPS) is 18.6. The number of piperidine rings is 1. The lowest BCUT2D eigenvalue weighted by atomic mass is 10.0. The molecule has 1 saturated heterocycles. The highest BCUT2D eigenvalue weighted by atomic mass is 15.1. The van der Waals surface area contributed by atoms with Gasteiger partial charge in [-0.1, -0.05) is 0 Å². The Morgan fingerprint density at radius 2 is 2.14 bits per heavy atom. The van der Waals surface area contributed by atoms with E-state index < -0.39 is 0 Å². The van der Waals surface area contributed by atoms with Crippen molar-refractivity contribution in [2.45, 2.75) is 25.8 Å². The van der Waals surface area contributed by atoms with Crippen LogP contribution in [0.3, 0.4) is 0 Å². The smallest absolute Gasteiger partial charge is 0.0426 e. The molecule has 2 rings (SSSR count). The summed E-state index contributed by atoms with van der Waals surface area (Å²) in [5, 5.41) is 0. The molecule has 0 atom stereocenters. The van der Waals surface area contributed by atoms with Crippen LogP contribution in [0.25, 0.3) is 0 Å². The average Bonchev–Trinajstić information content (AvgIpc) is 2.20. The standard InChI is InChI=1S/C11H17N3/c1-9-8-13-5-2-11(9)14-6-3-10(12)4-7-14/h2,5,8,10H,3-4,6-7,12H2,1H3. The first-order valence-corrected chi connectivity index (χ1v) is 5.18. The molecular weight excluding hydrogens is 174 g/mol. The highest BCUT2D eigenvalue weighted by molar-refractivity contribution is 5.51. The first-order chi connectivity index (χ1) is 6.77. The molecule has 76 valence electrons. The lowest BCUT2D eigenvalue weighted by Gasteiger charge is -2.32. The molecule has 0 radical (unpaired) electrons. The summed E-state index contributed by atoms with van der Waals surface area (Å²) in [6.45, 7) is 4.26. The Morgan fingerprint density at radius 1 is 1.43 bits per heavy atom. The molecule has 0 amide bonds. The van der Waals surface area contributed by atoms with Crippen LogP contribution in [0.1, 0.15) is 18.4 Å². The molecule has 0 bridgehead atoms. The van der Waals surface area contributed by atoms with E-state index in [0.717, 1.165) is 25.9 Å². The Bertz CT molecular complexity index is 303. The summed E-state index contributed by atoms with van der Waals surface area (Å²) in [4.78, 5) is 6.51. The number of pyridine rings is 1. The van der Waals surface area contributed by atoms with Crippen molar-refractivity contribution >= 4 is 5.69 Å². The number of hydrogen-bond acceptors (Lipinski definition) is 3. The molecule has 1 aliphatic rings. The van der Waals surface area contributed by atoms with Crippen molar-refractivity contribution in [2.24, 2.45) is 5.73 Å². The first kappa shape index (κ1) is 9.46. The van der Waals surface area contributed by atoms with E-state index in [2.05, 4.69) is 22.9 Å². The predicted molar refractivity (Wildman–Crippen MR) is 58.4 cm³/mol. The molecule has 2 N–H and O–H groups in total. The Labute approximate surface area is 84.9 Å². The van der Waals surface area contributed by atoms with Crippen LogP contribution in [0.15, 0.2) is 18.5 Å². The summed E-state index contributed by atoms with van der Waals surface area (Å²) in [6.07, 6.45) is 5.98. The highest BCUT2D eigenvalue weighted by Crippen LogP contribution is 2.21. The summed E-state index contributed by atoms with van der Waals surface area (Å²) >= 11 is 0. The van der Waals surface area contributed by atoms with Crippen molar-refractivity contribution in [3.05, 3.63) is 24.0 Å². The van der Waals surface area contributed by atoms with E-state index in [1.54, 1.807) is 0 Å². The minimum Gasteiger partial charge on any atom is -0.371 e. The van der Waals surface area contributed by atoms with Gasteiger partial charge in [0.15, 0.2) is 0 Å². The second-order valence-corrected chi connectivity index (χ2v) is 3.99. The fraction of sp³-hybridized carbons (Fsp3) is 0.545. The van der Waals surface area contributed by atoms with Gasteiger partial charge in [-0.2, -0.15) is 0 Å².